The van der Waals surface area contributed by atoms with Gasteiger partial charge in [0.2, 0.25) is 5.91 Å². The molecule has 144 valence electrons. The van der Waals surface area contributed by atoms with Crippen LogP contribution in [0.3, 0.4) is 0 Å². The van der Waals surface area contributed by atoms with Gasteiger partial charge in [-0.1, -0.05) is 29.3 Å². The summed E-state index contributed by atoms with van der Waals surface area (Å²) in [7, 11) is 1.56. The number of nitrogens with one attached hydrogen (secondary N) is 1. The SMILES string of the molecule is COc1ccc(NC(=O)CN2CCN(c3cc(Cl)ccc3C)CC2)cc1Cl. The van der Waals surface area contributed by atoms with Crippen LogP contribution in [0.15, 0.2) is 36.4 Å². The Bertz CT molecular complexity index is 821. The lowest BCUT2D eigenvalue weighted by molar-refractivity contribution is -0.117. The summed E-state index contributed by atoms with van der Waals surface area (Å²) in [6.07, 6.45) is 0. The van der Waals surface area contributed by atoms with Gasteiger partial charge in [0.05, 0.1) is 18.7 Å². The number of hydrogen-bond donors (Lipinski definition) is 1. The molecule has 27 heavy (non-hydrogen) atoms. The predicted molar refractivity (Wildman–Crippen MR) is 111 cm³/mol. The van der Waals surface area contributed by atoms with Crippen LogP contribution in [-0.4, -0.2) is 50.6 Å². The van der Waals surface area contributed by atoms with Crippen molar-refractivity contribution in [1.29, 1.82) is 0 Å². The number of ether oxygens (including phenoxy) is 1. The number of rotatable bonds is 5. The molecule has 0 spiro atoms. The van der Waals surface area contributed by atoms with E-state index in [9.17, 15) is 4.79 Å². The molecule has 5 nitrogen and oxygen atoms in total. The molecule has 1 fully saturated rings. The van der Waals surface area contributed by atoms with Crippen LogP contribution in [0, 0.1) is 6.92 Å². The van der Waals surface area contributed by atoms with E-state index >= 15 is 0 Å². The van der Waals surface area contributed by atoms with E-state index in [4.69, 9.17) is 27.9 Å². The van der Waals surface area contributed by atoms with Crippen LogP contribution in [0.5, 0.6) is 5.75 Å². The third-order valence-corrected chi connectivity index (χ3v) is 5.22. The van der Waals surface area contributed by atoms with Gasteiger partial charge in [-0.3, -0.25) is 9.69 Å². The molecule has 0 saturated carbocycles. The topological polar surface area (TPSA) is 44.8 Å². The van der Waals surface area contributed by atoms with Crippen molar-refractivity contribution in [2.45, 2.75) is 6.92 Å². The molecule has 0 atom stereocenters. The third-order valence-electron chi connectivity index (χ3n) is 4.69. The predicted octanol–water partition coefficient (Wildman–Crippen LogP) is 4.07. The van der Waals surface area contributed by atoms with Crippen molar-refractivity contribution in [2.75, 3.05) is 50.1 Å². The summed E-state index contributed by atoms with van der Waals surface area (Å²) in [6, 6.07) is 11.2. The summed E-state index contributed by atoms with van der Waals surface area (Å²) < 4.78 is 5.12. The molecule has 1 aliphatic rings. The quantitative estimate of drug-likeness (QED) is 0.810. The molecule has 2 aromatic rings. The largest absolute Gasteiger partial charge is 0.495 e. The van der Waals surface area contributed by atoms with Gasteiger partial charge in [-0.05, 0) is 42.8 Å². The summed E-state index contributed by atoms with van der Waals surface area (Å²) in [6.45, 7) is 5.81. The second-order valence-electron chi connectivity index (χ2n) is 6.59. The maximum absolute atomic E-state index is 12.3. The van der Waals surface area contributed by atoms with Gasteiger partial charge in [-0.2, -0.15) is 0 Å². The van der Waals surface area contributed by atoms with Crippen molar-refractivity contribution in [3.63, 3.8) is 0 Å². The lowest BCUT2D eigenvalue weighted by Crippen LogP contribution is -2.48. The van der Waals surface area contributed by atoms with E-state index in [0.717, 1.165) is 31.2 Å². The molecule has 1 heterocycles. The standard InChI is InChI=1S/C20H23Cl2N3O2/c1-14-3-4-15(21)11-18(14)25-9-7-24(8-10-25)13-20(26)23-16-5-6-19(27-2)17(22)12-16/h3-6,11-12H,7-10,13H2,1-2H3,(H,23,26). The zero-order chi connectivity index (χ0) is 19.4. The highest BCUT2D eigenvalue weighted by atomic mass is 35.5. The van der Waals surface area contributed by atoms with Crippen molar-refractivity contribution in [3.8, 4) is 5.75 Å². The van der Waals surface area contributed by atoms with E-state index in [1.807, 2.05) is 18.2 Å². The van der Waals surface area contributed by atoms with Crippen LogP contribution in [0.4, 0.5) is 11.4 Å². The van der Waals surface area contributed by atoms with Gasteiger partial charge in [-0.25, -0.2) is 0 Å². The summed E-state index contributed by atoms with van der Waals surface area (Å²) in [4.78, 5) is 16.8. The van der Waals surface area contributed by atoms with Crippen LogP contribution in [-0.2, 0) is 4.79 Å². The van der Waals surface area contributed by atoms with Gasteiger partial charge in [0, 0.05) is 42.6 Å². The fraction of sp³-hybridized carbons (Fsp3) is 0.350. The van der Waals surface area contributed by atoms with Gasteiger partial charge in [0.15, 0.2) is 0 Å². The molecule has 3 rings (SSSR count). The molecular formula is C20H23Cl2N3O2. The van der Waals surface area contributed by atoms with Crippen molar-refractivity contribution >= 4 is 40.5 Å². The van der Waals surface area contributed by atoms with Crippen LogP contribution in [0.1, 0.15) is 5.56 Å². The van der Waals surface area contributed by atoms with Crippen molar-refractivity contribution < 1.29 is 9.53 Å². The van der Waals surface area contributed by atoms with Crippen LogP contribution >= 0.6 is 23.2 Å². The van der Waals surface area contributed by atoms with Crippen molar-refractivity contribution in [3.05, 3.63) is 52.0 Å². The maximum Gasteiger partial charge on any atom is 0.238 e. The average molecular weight is 408 g/mol. The number of carbonyl (C=O) groups is 1. The Kier molecular flexibility index (Phi) is 6.47. The van der Waals surface area contributed by atoms with Gasteiger partial charge in [-0.15, -0.1) is 0 Å². The second kappa shape index (κ2) is 8.83. The Morgan fingerprint density at radius 1 is 1.11 bits per heavy atom. The number of hydrogen-bond acceptors (Lipinski definition) is 4. The first-order valence-corrected chi connectivity index (χ1v) is 9.58. The number of halogens is 2. The average Bonchev–Trinajstić information content (AvgIpc) is 2.64. The fourth-order valence-electron chi connectivity index (χ4n) is 3.22. The van der Waals surface area contributed by atoms with Gasteiger partial charge in [0.1, 0.15) is 5.75 Å². The van der Waals surface area contributed by atoms with Crippen molar-refractivity contribution in [2.24, 2.45) is 0 Å². The molecule has 0 aliphatic carbocycles. The van der Waals surface area contributed by atoms with Gasteiger partial charge < -0.3 is 15.0 Å². The first kappa shape index (κ1) is 19.8. The number of nitrogens with zero attached hydrogens (tertiary/aromatic N) is 2. The number of amides is 1. The first-order chi connectivity index (χ1) is 13.0. The smallest absolute Gasteiger partial charge is 0.238 e. The third kappa shape index (κ3) is 5.06. The molecule has 0 unspecified atom stereocenters. The molecule has 2 aromatic carbocycles. The molecule has 0 radical (unpaired) electrons. The highest BCUT2D eigenvalue weighted by Crippen LogP contribution is 2.27. The van der Waals surface area contributed by atoms with Crippen LogP contribution < -0.4 is 15.0 Å². The van der Waals surface area contributed by atoms with Crippen molar-refractivity contribution in [1.82, 2.24) is 4.90 Å². The number of carbonyl (C=O) groups excluding carboxylic acids is 1. The molecule has 0 aromatic heterocycles. The Balaban J connectivity index is 1.52. The van der Waals surface area contributed by atoms with Gasteiger partial charge in [0.25, 0.3) is 0 Å². The minimum atomic E-state index is -0.0522. The minimum Gasteiger partial charge on any atom is -0.495 e. The monoisotopic (exact) mass is 407 g/mol. The molecule has 1 saturated heterocycles. The fourth-order valence-corrected chi connectivity index (χ4v) is 3.64. The van der Waals surface area contributed by atoms with Crippen LogP contribution in [0.2, 0.25) is 10.0 Å². The Morgan fingerprint density at radius 3 is 2.52 bits per heavy atom. The minimum absolute atomic E-state index is 0.0522. The highest BCUT2D eigenvalue weighted by molar-refractivity contribution is 6.32. The maximum atomic E-state index is 12.3. The molecule has 1 amide bonds. The number of benzene rings is 2. The molecule has 0 bridgehead atoms. The number of anilines is 2. The lowest BCUT2D eigenvalue weighted by Gasteiger charge is -2.36. The van der Waals surface area contributed by atoms with E-state index in [1.54, 1.807) is 25.3 Å². The Labute approximate surface area is 169 Å². The van der Waals surface area contributed by atoms with E-state index in [0.29, 0.717) is 23.0 Å². The van der Waals surface area contributed by atoms with E-state index < -0.39 is 0 Å². The normalized spacial score (nSPS) is 14.9. The van der Waals surface area contributed by atoms with E-state index in [-0.39, 0.29) is 5.91 Å². The highest BCUT2D eigenvalue weighted by Gasteiger charge is 2.20. The zero-order valence-electron chi connectivity index (χ0n) is 15.5. The summed E-state index contributed by atoms with van der Waals surface area (Å²) in [5.74, 6) is 0.533. The Hall–Kier alpha value is -1.95. The number of piperazine rings is 1. The van der Waals surface area contributed by atoms with E-state index in [2.05, 4.69) is 22.0 Å². The molecule has 7 heteroatoms. The Morgan fingerprint density at radius 2 is 1.85 bits per heavy atom. The van der Waals surface area contributed by atoms with Crippen LogP contribution in [0.25, 0.3) is 0 Å². The summed E-state index contributed by atoms with van der Waals surface area (Å²) >= 11 is 12.2. The number of methoxy groups -OCH3 is 1. The summed E-state index contributed by atoms with van der Waals surface area (Å²) in [5, 5.41) is 4.11. The van der Waals surface area contributed by atoms with E-state index in [1.165, 1.54) is 11.3 Å². The second-order valence-corrected chi connectivity index (χ2v) is 7.44. The molecule has 1 aliphatic heterocycles. The summed E-state index contributed by atoms with van der Waals surface area (Å²) in [5.41, 5.74) is 3.04. The molecular weight excluding hydrogens is 385 g/mol. The van der Waals surface area contributed by atoms with Gasteiger partial charge >= 0.3 is 0 Å². The molecule has 1 N–H and O–H groups in total. The lowest BCUT2D eigenvalue weighted by atomic mass is 10.1. The first-order valence-electron chi connectivity index (χ1n) is 8.83. The number of aryl methyl sites for hydroxylation is 1. The zero-order valence-corrected chi connectivity index (χ0v) is 17.0.